The van der Waals surface area contributed by atoms with Crippen molar-refractivity contribution in [2.45, 2.75) is 45.4 Å². The molecule has 0 aliphatic heterocycles. The molecule has 1 aromatic rings. The summed E-state index contributed by atoms with van der Waals surface area (Å²) in [6.07, 6.45) is 0.351. The first-order valence-corrected chi connectivity index (χ1v) is 8.28. The van der Waals surface area contributed by atoms with E-state index in [1.807, 2.05) is 45.0 Å². The average Bonchev–Trinajstić information content (AvgIpc) is 2.55. The van der Waals surface area contributed by atoms with Crippen LogP contribution in [0, 0.1) is 0 Å². The number of nitrogens with one attached hydrogen (secondary N) is 1. The highest BCUT2D eigenvalue weighted by Crippen LogP contribution is 2.14. The minimum atomic E-state index is -0.513. The Morgan fingerprint density at radius 2 is 1.83 bits per heavy atom. The van der Waals surface area contributed by atoms with E-state index in [0.29, 0.717) is 25.8 Å². The monoisotopic (exact) mass is 325 g/mol. The van der Waals surface area contributed by atoms with E-state index in [1.54, 1.807) is 7.11 Å². The SMILES string of the molecule is CCOCC(Cc1ccc(OCC(O)CNC(C)C)cc1)OC. The van der Waals surface area contributed by atoms with Crippen molar-refractivity contribution in [3.05, 3.63) is 29.8 Å². The van der Waals surface area contributed by atoms with Gasteiger partial charge in [0, 0.05) is 32.7 Å². The largest absolute Gasteiger partial charge is 0.491 e. The van der Waals surface area contributed by atoms with Crippen molar-refractivity contribution in [3.8, 4) is 5.75 Å². The maximum atomic E-state index is 9.83. The molecule has 132 valence electrons. The van der Waals surface area contributed by atoms with Crippen molar-refractivity contribution in [1.29, 1.82) is 0 Å². The normalized spacial score (nSPS) is 14.0. The van der Waals surface area contributed by atoms with Crippen molar-refractivity contribution in [3.63, 3.8) is 0 Å². The minimum Gasteiger partial charge on any atom is -0.491 e. The lowest BCUT2D eigenvalue weighted by atomic mass is 10.1. The number of methoxy groups -OCH3 is 1. The maximum absolute atomic E-state index is 9.83. The maximum Gasteiger partial charge on any atom is 0.119 e. The van der Waals surface area contributed by atoms with Crippen molar-refractivity contribution >= 4 is 0 Å². The summed E-state index contributed by atoms with van der Waals surface area (Å²) in [5, 5.41) is 13.0. The molecule has 0 bridgehead atoms. The number of hydrogen-bond donors (Lipinski definition) is 2. The van der Waals surface area contributed by atoms with Crippen LogP contribution in [0.25, 0.3) is 0 Å². The second kappa shape index (κ2) is 11.4. The van der Waals surface area contributed by atoms with Crippen LogP contribution in [0.4, 0.5) is 0 Å². The van der Waals surface area contributed by atoms with Crippen LogP contribution in [0.2, 0.25) is 0 Å². The van der Waals surface area contributed by atoms with Gasteiger partial charge >= 0.3 is 0 Å². The first-order valence-electron chi connectivity index (χ1n) is 8.28. The molecule has 23 heavy (non-hydrogen) atoms. The van der Waals surface area contributed by atoms with E-state index in [-0.39, 0.29) is 12.7 Å². The zero-order chi connectivity index (χ0) is 17.1. The van der Waals surface area contributed by atoms with Crippen molar-refractivity contribution in [2.24, 2.45) is 0 Å². The molecule has 0 radical (unpaired) electrons. The van der Waals surface area contributed by atoms with Crippen LogP contribution >= 0.6 is 0 Å². The highest BCUT2D eigenvalue weighted by molar-refractivity contribution is 5.27. The van der Waals surface area contributed by atoms with Crippen molar-refractivity contribution in [2.75, 3.05) is 33.5 Å². The summed E-state index contributed by atoms with van der Waals surface area (Å²) in [5.74, 6) is 0.760. The van der Waals surface area contributed by atoms with Crippen LogP contribution in [0.5, 0.6) is 5.75 Å². The van der Waals surface area contributed by atoms with Gasteiger partial charge in [-0.2, -0.15) is 0 Å². The third kappa shape index (κ3) is 8.91. The van der Waals surface area contributed by atoms with Crippen LogP contribution in [0.3, 0.4) is 0 Å². The Bertz CT molecular complexity index is 408. The van der Waals surface area contributed by atoms with Crippen LogP contribution in [0.15, 0.2) is 24.3 Å². The molecule has 1 rings (SSSR count). The molecule has 0 aromatic heterocycles. The Hall–Kier alpha value is -1.14. The topological polar surface area (TPSA) is 60.0 Å². The van der Waals surface area contributed by atoms with Gasteiger partial charge in [0.25, 0.3) is 0 Å². The fourth-order valence-corrected chi connectivity index (χ4v) is 2.07. The standard InChI is InChI=1S/C18H31NO4/c1-5-22-13-18(21-4)10-15-6-8-17(9-7-15)23-12-16(20)11-19-14(2)3/h6-9,14,16,18-20H,5,10-13H2,1-4H3. The van der Waals surface area contributed by atoms with Gasteiger partial charge in [0.2, 0.25) is 0 Å². The molecule has 0 amide bonds. The summed E-state index contributed by atoms with van der Waals surface area (Å²) in [7, 11) is 1.70. The fraction of sp³-hybridized carbons (Fsp3) is 0.667. The van der Waals surface area contributed by atoms with Gasteiger partial charge in [0.1, 0.15) is 18.5 Å². The van der Waals surface area contributed by atoms with Crippen LogP contribution in [0.1, 0.15) is 26.3 Å². The Morgan fingerprint density at radius 1 is 1.13 bits per heavy atom. The van der Waals surface area contributed by atoms with Gasteiger partial charge in [-0.25, -0.2) is 0 Å². The molecular weight excluding hydrogens is 294 g/mol. The second-order valence-corrected chi connectivity index (χ2v) is 5.89. The van der Waals surface area contributed by atoms with Gasteiger partial charge in [-0.1, -0.05) is 26.0 Å². The third-order valence-corrected chi connectivity index (χ3v) is 3.43. The van der Waals surface area contributed by atoms with E-state index in [4.69, 9.17) is 14.2 Å². The summed E-state index contributed by atoms with van der Waals surface area (Å²) in [5.41, 5.74) is 1.17. The summed E-state index contributed by atoms with van der Waals surface area (Å²) in [6, 6.07) is 8.24. The predicted molar refractivity (Wildman–Crippen MR) is 92.1 cm³/mol. The van der Waals surface area contributed by atoms with Gasteiger partial charge in [-0.15, -0.1) is 0 Å². The molecular formula is C18H31NO4. The highest BCUT2D eigenvalue weighted by Gasteiger charge is 2.09. The molecule has 0 fully saturated rings. The molecule has 0 saturated heterocycles. The Morgan fingerprint density at radius 3 is 2.39 bits per heavy atom. The molecule has 0 aliphatic carbocycles. The summed E-state index contributed by atoms with van der Waals surface area (Å²) >= 11 is 0. The number of aliphatic hydroxyl groups excluding tert-OH is 1. The van der Waals surface area contributed by atoms with E-state index in [2.05, 4.69) is 5.32 Å². The van der Waals surface area contributed by atoms with Crippen LogP contribution in [-0.4, -0.2) is 56.8 Å². The molecule has 0 heterocycles. The molecule has 1 aromatic carbocycles. The molecule has 0 aliphatic rings. The van der Waals surface area contributed by atoms with Gasteiger partial charge in [0.15, 0.2) is 0 Å². The van der Waals surface area contributed by atoms with Crippen molar-refractivity contribution < 1.29 is 19.3 Å². The lowest BCUT2D eigenvalue weighted by Gasteiger charge is -2.16. The summed E-state index contributed by atoms with van der Waals surface area (Å²) in [4.78, 5) is 0. The average molecular weight is 325 g/mol. The van der Waals surface area contributed by atoms with E-state index in [9.17, 15) is 5.11 Å². The molecule has 5 heteroatoms. The van der Waals surface area contributed by atoms with E-state index in [1.165, 1.54) is 5.56 Å². The highest BCUT2D eigenvalue weighted by atomic mass is 16.5. The number of ether oxygens (including phenoxy) is 3. The zero-order valence-corrected chi connectivity index (χ0v) is 14.7. The molecule has 2 N–H and O–H groups in total. The van der Waals surface area contributed by atoms with E-state index in [0.717, 1.165) is 12.2 Å². The minimum absolute atomic E-state index is 0.0608. The van der Waals surface area contributed by atoms with E-state index < -0.39 is 6.10 Å². The number of hydrogen-bond acceptors (Lipinski definition) is 5. The Balaban J connectivity index is 2.37. The van der Waals surface area contributed by atoms with Crippen LogP contribution in [-0.2, 0) is 15.9 Å². The fourth-order valence-electron chi connectivity index (χ4n) is 2.07. The van der Waals surface area contributed by atoms with Crippen molar-refractivity contribution in [1.82, 2.24) is 5.32 Å². The summed E-state index contributed by atoms with van der Waals surface area (Å²) < 4.78 is 16.4. The molecule has 2 atom stereocenters. The molecule has 0 spiro atoms. The first-order chi connectivity index (χ1) is 11.0. The Labute approximate surface area is 139 Å². The van der Waals surface area contributed by atoms with Gasteiger partial charge in [0.05, 0.1) is 12.7 Å². The lowest BCUT2D eigenvalue weighted by Crippen LogP contribution is -2.35. The third-order valence-electron chi connectivity index (χ3n) is 3.43. The summed E-state index contributed by atoms with van der Waals surface area (Å²) in [6.45, 7) is 8.17. The molecule has 5 nitrogen and oxygen atoms in total. The quantitative estimate of drug-likeness (QED) is 0.616. The van der Waals surface area contributed by atoms with Gasteiger partial charge in [-0.05, 0) is 24.6 Å². The van der Waals surface area contributed by atoms with Gasteiger partial charge in [-0.3, -0.25) is 0 Å². The van der Waals surface area contributed by atoms with E-state index >= 15 is 0 Å². The second-order valence-electron chi connectivity index (χ2n) is 5.89. The number of benzene rings is 1. The predicted octanol–water partition coefficient (Wildman–Crippen LogP) is 2.02. The van der Waals surface area contributed by atoms with Crippen LogP contribution < -0.4 is 10.1 Å². The lowest BCUT2D eigenvalue weighted by molar-refractivity contribution is 0.0132. The Kier molecular flexibility index (Phi) is 9.87. The molecule has 2 unspecified atom stereocenters. The number of aliphatic hydroxyl groups is 1. The first kappa shape index (κ1) is 19.9. The zero-order valence-electron chi connectivity index (χ0n) is 14.7. The number of rotatable bonds is 12. The smallest absolute Gasteiger partial charge is 0.119 e. The molecule has 0 saturated carbocycles. The van der Waals surface area contributed by atoms with Gasteiger partial charge < -0.3 is 24.6 Å².